The second kappa shape index (κ2) is 7.47. The van der Waals surface area contributed by atoms with Crippen molar-refractivity contribution in [3.63, 3.8) is 0 Å². The summed E-state index contributed by atoms with van der Waals surface area (Å²) in [5.74, 6) is 0.223. The number of hydrogen-bond donors (Lipinski definition) is 1. The zero-order chi connectivity index (χ0) is 20.7. The second-order valence-electron chi connectivity index (χ2n) is 8.08. The predicted molar refractivity (Wildman–Crippen MR) is 115 cm³/mol. The Labute approximate surface area is 179 Å². The van der Waals surface area contributed by atoms with E-state index in [-0.39, 0.29) is 24.4 Å². The summed E-state index contributed by atoms with van der Waals surface area (Å²) in [6, 6.07) is 17.1. The van der Waals surface area contributed by atoms with Crippen LogP contribution in [0.4, 0.5) is 10.5 Å². The molecule has 4 amide bonds. The predicted octanol–water partition coefficient (Wildman–Crippen LogP) is 3.73. The third-order valence-electron chi connectivity index (χ3n) is 6.28. The van der Waals surface area contributed by atoms with Crippen LogP contribution in [0, 0.1) is 0 Å². The molecule has 30 heavy (non-hydrogen) atoms. The first-order chi connectivity index (χ1) is 14.6. The van der Waals surface area contributed by atoms with Gasteiger partial charge in [-0.3, -0.25) is 14.5 Å². The van der Waals surface area contributed by atoms with E-state index in [0.29, 0.717) is 12.8 Å². The molecule has 1 N–H and O–H groups in total. The third-order valence-corrected chi connectivity index (χ3v) is 7.42. The number of hydrogen-bond acceptors (Lipinski definition) is 4. The van der Waals surface area contributed by atoms with E-state index in [1.54, 1.807) is 16.7 Å². The summed E-state index contributed by atoms with van der Waals surface area (Å²) in [5, 5.41) is 2.86. The molecule has 7 heteroatoms. The number of carbonyl (C=O) groups is 3. The molecule has 2 aromatic rings. The van der Waals surface area contributed by atoms with Gasteiger partial charge >= 0.3 is 6.03 Å². The fraction of sp³-hybridized carbons (Fsp3) is 0.348. The molecule has 1 atom stereocenters. The highest BCUT2D eigenvalue weighted by atomic mass is 32.2. The quantitative estimate of drug-likeness (QED) is 0.767. The maximum atomic E-state index is 13.5. The van der Waals surface area contributed by atoms with Gasteiger partial charge in [0.25, 0.3) is 5.91 Å². The number of thioether (sulfide) groups is 1. The lowest BCUT2D eigenvalue weighted by molar-refractivity contribution is -0.134. The number of anilines is 1. The molecule has 5 rings (SSSR count). The van der Waals surface area contributed by atoms with E-state index < -0.39 is 11.6 Å². The van der Waals surface area contributed by atoms with Crippen LogP contribution in [0.25, 0.3) is 0 Å². The largest absolute Gasteiger partial charge is 0.325 e. The van der Waals surface area contributed by atoms with Crippen LogP contribution < -0.4 is 10.2 Å². The Morgan fingerprint density at radius 3 is 2.50 bits per heavy atom. The number of rotatable bonds is 3. The number of amides is 4. The maximum absolute atomic E-state index is 13.5. The van der Waals surface area contributed by atoms with E-state index in [2.05, 4.69) is 5.32 Å². The lowest BCUT2D eigenvalue weighted by Crippen LogP contribution is -2.47. The number of benzene rings is 2. The molecular weight excluding hydrogens is 398 g/mol. The van der Waals surface area contributed by atoms with Crippen molar-refractivity contribution in [1.82, 2.24) is 10.2 Å². The molecule has 1 saturated carbocycles. The summed E-state index contributed by atoms with van der Waals surface area (Å²) in [7, 11) is 0. The monoisotopic (exact) mass is 421 g/mol. The average molecular weight is 422 g/mol. The van der Waals surface area contributed by atoms with E-state index in [1.807, 2.05) is 54.6 Å². The number of urea groups is 1. The first-order valence-corrected chi connectivity index (χ1v) is 11.3. The molecule has 0 unspecified atom stereocenters. The van der Waals surface area contributed by atoms with Crippen LogP contribution in [-0.2, 0) is 9.59 Å². The van der Waals surface area contributed by atoms with Crippen molar-refractivity contribution in [3.8, 4) is 0 Å². The molecule has 1 saturated heterocycles. The number of fused-ring (bicyclic) bond motifs is 1. The number of nitrogens with one attached hydrogen (secondary N) is 1. The van der Waals surface area contributed by atoms with Gasteiger partial charge in [-0.25, -0.2) is 4.79 Å². The minimum absolute atomic E-state index is 0.153. The van der Waals surface area contributed by atoms with Crippen LogP contribution >= 0.6 is 11.8 Å². The molecule has 2 aliphatic heterocycles. The van der Waals surface area contributed by atoms with Crippen molar-refractivity contribution in [1.29, 1.82) is 0 Å². The third kappa shape index (κ3) is 3.08. The summed E-state index contributed by atoms with van der Waals surface area (Å²) < 4.78 is 0. The summed E-state index contributed by atoms with van der Waals surface area (Å²) in [6.07, 6.45) is 3.14. The van der Waals surface area contributed by atoms with Crippen LogP contribution in [0.5, 0.6) is 0 Å². The molecule has 0 aromatic heterocycles. The van der Waals surface area contributed by atoms with Crippen molar-refractivity contribution < 1.29 is 14.4 Å². The fourth-order valence-corrected chi connectivity index (χ4v) is 5.93. The van der Waals surface area contributed by atoms with Crippen LogP contribution in [0.15, 0.2) is 59.5 Å². The summed E-state index contributed by atoms with van der Waals surface area (Å²) in [4.78, 5) is 43.0. The first kappa shape index (κ1) is 19.2. The van der Waals surface area contributed by atoms with Gasteiger partial charge in [0.15, 0.2) is 0 Å². The maximum Gasteiger partial charge on any atom is 0.325 e. The van der Waals surface area contributed by atoms with Crippen molar-refractivity contribution in [2.75, 3.05) is 17.2 Å². The lowest BCUT2D eigenvalue weighted by atomic mass is 9.98. The molecule has 1 spiro atoms. The summed E-state index contributed by atoms with van der Waals surface area (Å²) in [5.41, 5.74) is 1.07. The molecule has 0 radical (unpaired) electrons. The van der Waals surface area contributed by atoms with Crippen molar-refractivity contribution in [3.05, 3.63) is 60.2 Å². The molecule has 6 nitrogen and oxygen atoms in total. The van der Waals surface area contributed by atoms with Crippen LogP contribution in [0.1, 0.15) is 37.3 Å². The zero-order valence-electron chi connectivity index (χ0n) is 16.5. The van der Waals surface area contributed by atoms with E-state index >= 15 is 0 Å². The van der Waals surface area contributed by atoms with E-state index in [9.17, 15) is 14.4 Å². The second-order valence-corrected chi connectivity index (χ2v) is 9.14. The van der Waals surface area contributed by atoms with Gasteiger partial charge in [0.1, 0.15) is 12.1 Å². The van der Waals surface area contributed by atoms with Crippen LogP contribution in [-0.4, -0.2) is 40.6 Å². The van der Waals surface area contributed by atoms with Gasteiger partial charge in [-0.1, -0.05) is 55.3 Å². The van der Waals surface area contributed by atoms with Gasteiger partial charge in [0, 0.05) is 10.6 Å². The molecule has 2 aromatic carbocycles. The van der Waals surface area contributed by atoms with E-state index in [0.717, 1.165) is 39.6 Å². The van der Waals surface area contributed by atoms with Gasteiger partial charge in [-0.15, -0.1) is 11.8 Å². The van der Waals surface area contributed by atoms with E-state index in [4.69, 9.17) is 0 Å². The van der Waals surface area contributed by atoms with Crippen molar-refractivity contribution in [2.45, 2.75) is 42.2 Å². The smallest absolute Gasteiger partial charge is 0.323 e. The SMILES string of the molecule is O=C1NC2(CCCC2)C(=O)N1CC(=O)N1c2ccccc2SC[C@@H]1c1ccccc1. The van der Waals surface area contributed by atoms with Crippen LogP contribution in [0.3, 0.4) is 0 Å². The number of para-hydroxylation sites is 1. The number of imide groups is 1. The Morgan fingerprint density at radius 1 is 1.03 bits per heavy atom. The van der Waals surface area contributed by atoms with Crippen molar-refractivity contribution >= 4 is 35.3 Å². The molecule has 3 aliphatic rings. The van der Waals surface area contributed by atoms with E-state index in [1.165, 1.54) is 0 Å². The Bertz CT molecular complexity index is 1000. The molecule has 154 valence electrons. The standard InChI is InChI=1S/C23H23N3O3S/c27-20(14-25-21(28)23(24-22(25)29)12-6-7-13-23)26-17-10-4-5-11-19(17)30-15-18(26)16-8-2-1-3-9-16/h1-5,8-11,18H,6-7,12-15H2,(H,24,29)/t18-/m1/s1. The van der Waals surface area contributed by atoms with Gasteiger partial charge < -0.3 is 10.2 Å². The highest BCUT2D eigenvalue weighted by Gasteiger charge is 2.53. The Balaban J connectivity index is 1.46. The number of nitrogens with zero attached hydrogens (tertiary/aromatic N) is 2. The molecule has 0 bridgehead atoms. The minimum atomic E-state index is -0.800. The molecule has 2 fully saturated rings. The van der Waals surface area contributed by atoms with Gasteiger partial charge in [-0.05, 0) is 30.5 Å². The molecular formula is C23H23N3O3S. The first-order valence-electron chi connectivity index (χ1n) is 10.3. The Morgan fingerprint density at radius 2 is 1.73 bits per heavy atom. The Hall–Kier alpha value is -2.80. The van der Waals surface area contributed by atoms with Gasteiger partial charge in [-0.2, -0.15) is 0 Å². The average Bonchev–Trinajstić information content (AvgIpc) is 3.34. The highest BCUT2D eigenvalue weighted by Crippen LogP contribution is 2.43. The van der Waals surface area contributed by atoms with Gasteiger partial charge in [0.2, 0.25) is 5.91 Å². The normalized spacial score (nSPS) is 22.3. The molecule has 2 heterocycles. The fourth-order valence-electron chi connectivity index (χ4n) is 4.77. The minimum Gasteiger partial charge on any atom is -0.323 e. The van der Waals surface area contributed by atoms with Crippen molar-refractivity contribution in [2.24, 2.45) is 0 Å². The number of carbonyl (C=O) groups excluding carboxylic acids is 3. The van der Waals surface area contributed by atoms with Gasteiger partial charge in [0.05, 0.1) is 11.7 Å². The summed E-state index contributed by atoms with van der Waals surface area (Å²) >= 11 is 1.72. The zero-order valence-corrected chi connectivity index (χ0v) is 17.4. The Kier molecular flexibility index (Phi) is 4.77. The lowest BCUT2D eigenvalue weighted by Gasteiger charge is -2.37. The molecule has 1 aliphatic carbocycles. The highest BCUT2D eigenvalue weighted by molar-refractivity contribution is 7.99. The summed E-state index contributed by atoms with van der Waals surface area (Å²) in [6.45, 7) is -0.241. The van der Waals surface area contributed by atoms with Crippen LogP contribution in [0.2, 0.25) is 0 Å². The topological polar surface area (TPSA) is 69.7 Å².